The second kappa shape index (κ2) is 6.65. The molecule has 1 aromatic heterocycles. The normalized spacial score (nSPS) is 10.0. The highest BCUT2D eigenvalue weighted by Crippen LogP contribution is 2.15. The first-order valence-corrected chi connectivity index (χ1v) is 6.66. The van der Waals surface area contributed by atoms with Crippen molar-refractivity contribution in [1.29, 1.82) is 0 Å². The Bertz CT molecular complexity index is 667. The predicted molar refractivity (Wildman–Crippen MR) is 84.6 cm³/mol. The molecule has 0 aliphatic heterocycles. The number of nitrogens with zero attached hydrogens (tertiary/aromatic N) is 2. The first kappa shape index (κ1) is 14.7. The number of nitrogens with one attached hydrogen (secondary N) is 2. The molecule has 108 valence electrons. The van der Waals surface area contributed by atoms with Crippen LogP contribution in [0.2, 0.25) is 0 Å². The quantitative estimate of drug-likeness (QED) is 0.827. The number of aromatic nitrogens is 2. The summed E-state index contributed by atoms with van der Waals surface area (Å²) in [5, 5.41) is 5.78. The van der Waals surface area contributed by atoms with Crippen LogP contribution < -0.4 is 10.6 Å². The molecule has 1 aromatic carbocycles. The topological polar surface area (TPSA) is 66.9 Å². The molecule has 0 aliphatic rings. The Morgan fingerprint density at radius 3 is 2.81 bits per heavy atom. The molecule has 0 radical (unpaired) electrons. The van der Waals surface area contributed by atoms with Gasteiger partial charge in [0.25, 0.3) is 5.91 Å². The van der Waals surface area contributed by atoms with Crippen LogP contribution in [0.5, 0.6) is 0 Å². The average Bonchev–Trinajstić information content (AvgIpc) is 2.49. The van der Waals surface area contributed by atoms with E-state index in [1.54, 1.807) is 18.3 Å². The van der Waals surface area contributed by atoms with E-state index in [1.165, 1.54) is 5.56 Å². The first-order valence-electron chi connectivity index (χ1n) is 6.66. The smallest absolute Gasteiger partial charge is 0.274 e. The molecule has 5 nitrogen and oxygen atoms in total. The summed E-state index contributed by atoms with van der Waals surface area (Å²) in [6.45, 7) is 8.19. The fraction of sp³-hybridized carbons (Fsp3) is 0.188. The van der Waals surface area contributed by atoms with Crippen molar-refractivity contribution in [2.45, 2.75) is 13.8 Å². The Balaban J connectivity index is 2.12. The van der Waals surface area contributed by atoms with E-state index in [0.717, 1.165) is 11.3 Å². The van der Waals surface area contributed by atoms with Gasteiger partial charge in [0, 0.05) is 18.4 Å². The third kappa shape index (κ3) is 3.89. The monoisotopic (exact) mass is 282 g/mol. The van der Waals surface area contributed by atoms with Crippen LogP contribution in [0.4, 0.5) is 11.6 Å². The Hall–Kier alpha value is -2.69. The number of carbonyl (C=O) groups excluding carboxylic acids is 1. The fourth-order valence-corrected chi connectivity index (χ4v) is 1.75. The summed E-state index contributed by atoms with van der Waals surface area (Å²) in [6, 6.07) is 7.36. The van der Waals surface area contributed by atoms with E-state index in [0.29, 0.717) is 18.2 Å². The second-order valence-electron chi connectivity index (χ2n) is 4.69. The van der Waals surface area contributed by atoms with Gasteiger partial charge in [0.05, 0.1) is 0 Å². The van der Waals surface area contributed by atoms with E-state index in [4.69, 9.17) is 0 Å². The van der Waals surface area contributed by atoms with Gasteiger partial charge in [0.2, 0.25) is 5.95 Å². The summed E-state index contributed by atoms with van der Waals surface area (Å²) >= 11 is 0. The van der Waals surface area contributed by atoms with Crippen molar-refractivity contribution in [1.82, 2.24) is 9.97 Å². The van der Waals surface area contributed by atoms with Crippen LogP contribution in [-0.4, -0.2) is 22.4 Å². The molecule has 2 aromatic rings. The van der Waals surface area contributed by atoms with Crippen molar-refractivity contribution in [3.05, 3.63) is 59.9 Å². The zero-order valence-corrected chi connectivity index (χ0v) is 12.2. The minimum atomic E-state index is -0.262. The number of hydrogen-bond acceptors (Lipinski definition) is 4. The fourth-order valence-electron chi connectivity index (χ4n) is 1.75. The number of amides is 1. The van der Waals surface area contributed by atoms with E-state index >= 15 is 0 Å². The van der Waals surface area contributed by atoms with Crippen LogP contribution in [0.1, 0.15) is 21.6 Å². The van der Waals surface area contributed by atoms with Crippen molar-refractivity contribution in [3.63, 3.8) is 0 Å². The molecule has 5 heteroatoms. The van der Waals surface area contributed by atoms with E-state index in [2.05, 4.69) is 27.2 Å². The average molecular weight is 282 g/mol. The van der Waals surface area contributed by atoms with Crippen LogP contribution in [0.3, 0.4) is 0 Å². The van der Waals surface area contributed by atoms with Gasteiger partial charge in [0.1, 0.15) is 5.69 Å². The summed E-state index contributed by atoms with van der Waals surface area (Å²) in [4.78, 5) is 20.4. The minimum Gasteiger partial charge on any atom is -0.351 e. The zero-order chi connectivity index (χ0) is 15.2. The standard InChI is InChI=1S/C16H18N4O/c1-4-8-17-16-18-9-7-14(20-16)15(21)19-13-6-5-11(2)12(3)10-13/h4-7,9-10H,1,8H2,2-3H3,(H,19,21)(H,17,18,20). The summed E-state index contributed by atoms with van der Waals surface area (Å²) in [6.07, 6.45) is 3.25. The molecule has 2 rings (SSSR count). The number of anilines is 2. The Morgan fingerprint density at radius 2 is 2.10 bits per heavy atom. The second-order valence-corrected chi connectivity index (χ2v) is 4.69. The number of hydrogen-bond donors (Lipinski definition) is 2. The van der Waals surface area contributed by atoms with Gasteiger partial charge in [-0.1, -0.05) is 12.1 Å². The van der Waals surface area contributed by atoms with Crippen LogP contribution in [0.15, 0.2) is 43.1 Å². The van der Waals surface area contributed by atoms with Gasteiger partial charge in [-0.15, -0.1) is 6.58 Å². The molecule has 2 N–H and O–H groups in total. The lowest BCUT2D eigenvalue weighted by Crippen LogP contribution is -2.15. The number of aryl methyl sites for hydroxylation is 2. The van der Waals surface area contributed by atoms with Gasteiger partial charge in [0.15, 0.2) is 0 Å². The molecule has 0 saturated carbocycles. The van der Waals surface area contributed by atoms with Crippen molar-refractivity contribution in [2.24, 2.45) is 0 Å². The molecule has 0 atom stereocenters. The number of carbonyl (C=O) groups is 1. The Kier molecular flexibility index (Phi) is 4.66. The van der Waals surface area contributed by atoms with E-state index < -0.39 is 0 Å². The van der Waals surface area contributed by atoms with Crippen molar-refractivity contribution < 1.29 is 4.79 Å². The zero-order valence-electron chi connectivity index (χ0n) is 12.2. The van der Waals surface area contributed by atoms with Crippen LogP contribution >= 0.6 is 0 Å². The molecule has 0 unspecified atom stereocenters. The minimum absolute atomic E-state index is 0.262. The van der Waals surface area contributed by atoms with Gasteiger partial charge in [-0.05, 0) is 43.2 Å². The highest BCUT2D eigenvalue weighted by Gasteiger charge is 2.09. The summed E-state index contributed by atoms with van der Waals surface area (Å²) < 4.78 is 0. The van der Waals surface area contributed by atoms with E-state index in [9.17, 15) is 4.79 Å². The molecular weight excluding hydrogens is 264 g/mol. The summed E-state index contributed by atoms with van der Waals surface area (Å²) in [5.74, 6) is 0.143. The molecule has 1 amide bonds. The van der Waals surface area contributed by atoms with Crippen LogP contribution in [0.25, 0.3) is 0 Å². The van der Waals surface area contributed by atoms with Gasteiger partial charge in [-0.3, -0.25) is 4.79 Å². The van der Waals surface area contributed by atoms with Gasteiger partial charge in [-0.2, -0.15) is 0 Å². The SMILES string of the molecule is C=CCNc1nccc(C(=O)Nc2ccc(C)c(C)c2)n1. The van der Waals surface area contributed by atoms with Crippen LogP contribution in [-0.2, 0) is 0 Å². The molecule has 0 aliphatic carbocycles. The van der Waals surface area contributed by atoms with Crippen molar-refractivity contribution in [2.75, 3.05) is 17.2 Å². The van der Waals surface area contributed by atoms with E-state index in [1.807, 2.05) is 32.0 Å². The first-order chi connectivity index (χ1) is 10.1. The molecule has 21 heavy (non-hydrogen) atoms. The lowest BCUT2D eigenvalue weighted by molar-refractivity contribution is 0.102. The molecule has 0 fully saturated rings. The lowest BCUT2D eigenvalue weighted by Gasteiger charge is -2.08. The van der Waals surface area contributed by atoms with E-state index in [-0.39, 0.29) is 5.91 Å². The number of rotatable bonds is 5. The Labute approximate surface area is 124 Å². The summed E-state index contributed by atoms with van der Waals surface area (Å²) in [5.41, 5.74) is 3.38. The largest absolute Gasteiger partial charge is 0.351 e. The van der Waals surface area contributed by atoms with Gasteiger partial charge < -0.3 is 10.6 Å². The van der Waals surface area contributed by atoms with Gasteiger partial charge in [-0.25, -0.2) is 9.97 Å². The third-order valence-corrected chi connectivity index (χ3v) is 3.06. The lowest BCUT2D eigenvalue weighted by atomic mass is 10.1. The maximum absolute atomic E-state index is 12.2. The van der Waals surface area contributed by atoms with Crippen LogP contribution in [0, 0.1) is 13.8 Å². The third-order valence-electron chi connectivity index (χ3n) is 3.06. The molecule has 1 heterocycles. The maximum Gasteiger partial charge on any atom is 0.274 e. The van der Waals surface area contributed by atoms with Crippen molar-refractivity contribution in [3.8, 4) is 0 Å². The highest BCUT2D eigenvalue weighted by molar-refractivity contribution is 6.03. The summed E-state index contributed by atoms with van der Waals surface area (Å²) in [7, 11) is 0. The molecule has 0 spiro atoms. The molecular formula is C16H18N4O. The maximum atomic E-state index is 12.2. The number of benzene rings is 1. The molecule has 0 bridgehead atoms. The predicted octanol–water partition coefficient (Wildman–Crippen LogP) is 2.94. The van der Waals surface area contributed by atoms with Gasteiger partial charge >= 0.3 is 0 Å². The molecule has 0 saturated heterocycles. The van der Waals surface area contributed by atoms with Crippen molar-refractivity contribution >= 4 is 17.5 Å². The Morgan fingerprint density at radius 1 is 1.29 bits per heavy atom. The highest BCUT2D eigenvalue weighted by atomic mass is 16.1.